The van der Waals surface area contributed by atoms with Crippen molar-refractivity contribution in [1.82, 2.24) is 4.98 Å². The number of H-pyrrole nitrogens is 1. The summed E-state index contributed by atoms with van der Waals surface area (Å²) in [4.78, 5) is 7.24. The lowest BCUT2D eigenvalue weighted by atomic mass is 10.1. The zero-order valence-electron chi connectivity index (χ0n) is 5.09. The molecule has 0 fully saturated rings. The third-order valence-corrected chi connectivity index (χ3v) is 1.60. The molecule has 1 aromatic rings. The molecule has 0 radical (unpaired) electrons. The minimum absolute atomic E-state index is 0.949. The maximum absolute atomic E-state index is 4.13. The first-order valence-corrected chi connectivity index (χ1v) is 3.13. The highest BCUT2D eigenvalue weighted by Gasteiger charge is 2.03. The van der Waals surface area contributed by atoms with Crippen LogP contribution in [-0.4, -0.2) is 17.7 Å². The van der Waals surface area contributed by atoms with Gasteiger partial charge in [0.05, 0.1) is 5.69 Å². The Morgan fingerprint density at radius 2 is 2.56 bits per heavy atom. The van der Waals surface area contributed by atoms with Crippen LogP contribution in [0.25, 0.3) is 0 Å². The summed E-state index contributed by atoms with van der Waals surface area (Å²) in [7, 11) is 0. The lowest BCUT2D eigenvalue weighted by molar-refractivity contribution is 0.952. The van der Waals surface area contributed by atoms with Gasteiger partial charge in [0.2, 0.25) is 0 Å². The number of aliphatic imine (C=N–C) groups is 1. The van der Waals surface area contributed by atoms with Gasteiger partial charge >= 0.3 is 0 Å². The van der Waals surface area contributed by atoms with E-state index in [2.05, 4.69) is 16.0 Å². The van der Waals surface area contributed by atoms with Crippen molar-refractivity contribution in [3.8, 4) is 0 Å². The van der Waals surface area contributed by atoms with Crippen LogP contribution >= 0.6 is 0 Å². The zero-order valence-corrected chi connectivity index (χ0v) is 5.09. The Balaban J connectivity index is 2.53. The molecular formula is C7H8N2. The number of hydrogen-bond donors (Lipinski definition) is 1. The van der Waals surface area contributed by atoms with Crippen molar-refractivity contribution < 1.29 is 0 Å². The second-order valence-corrected chi connectivity index (χ2v) is 2.20. The highest BCUT2D eigenvalue weighted by molar-refractivity contribution is 5.80. The Kier molecular flexibility index (Phi) is 0.918. The Hall–Kier alpha value is -1.05. The van der Waals surface area contributed by atoms with Crippen LogP contribution in [0.4, 0.5) is 0 Å². The maximum Gasteiger partial charge on any atom is 0.0594 e. The predicted octanol–water partition coefficient (Wildman–Crippen LogP) is 0.990. The zero-order chi connectivity index (χ0) is 6.10. The van der Waals surface area contributed by atoms with E-state index < -0.39 is 0 Å². The highest BCUT2D eigenvalue weighted by atomic mass is 14.8. The van der Waals surface area contributed by atoms with Crippen LogP contribution in [0, 0.1) is 0 Å². The maximum atomic E-state index is 4.13. The van der Waals surface area contributed by atoms with Crippen molar-refractivity contribution in [2.75, 3.05) is 6.54 Å². The summed E-state index contributed by atoms with van der Waals surface area (Å²) in [5, 5.41) is 0. The summed E-state index contributed by atoms with van der Waals surface area (Å²) in [6.07, 6.45) is 4.95. The fourth-order valence-corrected chi connectivity index (χ4v) is 1.09. The molecule has 0 saturated heterocycles. The molecule has 1 N–H and O–H groups in total. The quantitative estimate of drug-likeness (QED) is 0.529. The minimum atomic E-state index is 0.949. The van der Waals surface area contributed by atoms with Gasteiger partial charge in [0.1, 0.15) is 0 Å². The molecule has 0 aromatic carbocycles. The van der Waals surface area contributed by atoms with Crippen LogP contribution in [0.3, 0.4) is 0 Å². The average molecular weight is 120 g/mol. The molecule has 1 aromatic heterocycles. The van der Waals surface area contributed by atoms with Gasteiger partial charge in [0.15, 0.2) is 0 Å². The average Bonchev–Trinajstić information content (AvgIpc) is 2.33. The van der Waals surface area contributed by atoms with Gasteiger partial charge in [0, 0.05) is 19.0 Å². The normalized spacial score (nSPS) is 15.6. The van der Waals surface area contributed by atoms with E-state index in [4.69, 9.17) is 0 Å². The Morgan fingerprint density at radius 1 is 1.56 bits per heavy atom. The molecule has 1 aliphatic heterocycles. The van der Waals surface area contributed by atoms with Crippen molar-refractivity contribution in [3.05, 3.63) is 23.5 Å². The van der Waals surface area contributed by atoms with Crippen LogP contribution in [0.2, 0.25) is 0 Å². The van der Waals surface area contributed by atoms with Crippen LogP contribution in [0.5, 0.6) is 0 Å². The summed E-state index contributed by atoms with van der Waals surface area (Å²) < 4.78 is 0. The van der Waals surface area contributed by atoms with E-state index in [9.17, 15) is 0 Å². The number of nitrogens with one attached hydrogen (secondary N) is 1. The molecule has 9 heavy (non-hydrogen) atoms. The highest BCUT2D eigenvalue weighted by Crippen LogP contribution is 2.08. The van der Waals surface area contributed by atoms with Crippen molar-refractivity contribution in [1.29, 1.82) is 0 Å². The Bertz CT molecular complexity index is 235. The van der Waals surface area contributed by atoms with Crippen LogP contribution in [-0.2, 0) is 6.42 Å². The van der Waals surface area contributed by atoms with Crippen molar-refractivity contribution in [2.24, 2.45) is 4.99 Å². The molecular weight excluding hydrogens is 112 g/mol. The van der Waals surface area contributed by atoms with E-state index in [1.807, 2.05) is 12.4 Å². The number of hydrogen-bond acceptors (Lipinski definition) is 1. The first-order chi connectivity index (χ1) is 4.47. The van der Waals surface area contributed by atoms with Gasteiger partial charge in [-0.25, -0.2) is 0 Å². The summed E-state index contributed by atoms with van der Waals surface area (Å²) >= 11 is 0. The molecule has 0 atom stereocenters. The molecule has 0 spiro atoms. The number of aromatic nitrogens is 1. The first-order valence-electron chi connectivity index (χ1n) is 3.13. The molecule has 0 aliphatic carbocycles. The fourth-order valence-electron chi connectivity index (χ4n) is 1.09. The third-order valence-electron chi connectivity index (χ3n) is 1.60. The van der Waals surface area contributed by atoms with Gasteiger partial charge < -0.3 is 4.98 Å². The SMILES string of the molecule is C1=NCCc2cc[nH]c21. The van der Waals surface area contributed by atoms with Gasteiger partial charge in [-0.05, 0) is 18.1 Å². The number of rotatable bonds is 0. The van der Waals surface area contributed by atoms with Gasteiger partial charge in [-0.2, -0.15) is 0 Å². The smallest absolute Gasteiger partial charge is 0.0594 e. The summed E-state index contributed by atoms with van der Waals surface area (Å²) in [6, 6.07) is 2.11. The van der Waals surface area contributed by atoms with Crippen LogP contribution in [0.15, 0.2) is 17.3 Å². The van der Waals surface area contributed by atoms with Crippen molar-refractivity contribution in [2.45, 2.75) is 6.42 Å². The van der Waals surface area contributed by atoms with Crippen LogP contribution in [0.1, 0.15) is 11.3 Å². The molecule has 46 valence electrons. The Labute approximate surface area is 53.6 Å². The summed E-state index contributed by atoms with van der Waals surface area (Å²) in [5.74, 6) is 0. The topological polar surface area (TPSA) is 28.1 Å². The molecule has 2 heteroatoms. The third kappa shape index (κ3) is 0.669. The van der Waals surface area contributed by atoms with Gasteiger partial charge in [-0.15, -0.1) is 0 Å². The van der Waals surface area contributed by atoms with E-state index in [0.717, 1.165) is 13.0 Å². The monoisotopic (exact) mass is 120 g/mol. The lowest BCUT2D eigenvalue weighted by Crippen LogP contribution is -1.99. The minimum Gasteiger partial charge on any atom is -0.360 e. The standard InChI is InChI=1S/C7H8N2/c1-3-8-5-7-6(1)2-4-9-7/h2,4-5,9H,1,3H2. The lowest BCUT2D eigenvalue weighted by Gasteiger charge is -2.01. The summed E-state index contributed by atoms with van der Waals surface area (Å²) in [5.41, 5.74) is 2.58. The summed E-state index contributed by atoms with van der Waals surface area (Å²) in [6.45, 7) is 0.949. The molecule has 0 amide bonds. The molecule has 1 aliphatic rings. The predicted molar refractivity (Wildman–Crippen MR) is 37.0 cm³/mol. The van der Waals surface area contributed by atoms with E-state index in [0.29, 0.717) is 0 Å². The molecule has 0 bridgehead atoms. The van der Waals surface area contributed by atoms with Gasteiger partial charge in [0.25, 0.3) is 0 Å². The van der Waals surface area contributed by atoms with Gasteiger partial charge in [-0.3, -0.25) is 4.99 Å². The van der Waals surface area contributed by atoms with Gasteiger partial charge in [-0.1, -0.05) is 0 Å². The number of fused-ring (bicyclic) bond motifs is 1. The Morgan fingerprint density at radius 3 is 3.44 bits per heavy atom. The second-order valence-electron chi connectivity index (χ2n) is 2.20. The van der Waals surface area contributed by atoms with E-state index in [-0.39, 0.29) is 0 Å². The van der Waals surface area contributed by atoms with E-state index in [1.54, 1.807) is 0 Å². The van der Waals surface area contributed by atoms with E-state index in [1.165, 1.54) is 11.3 Å². The molecule has 2 heterocycles. The van der Waals surface area contributed by atoms with E-state index >= 15 is 0 Å². The largest absolute Gasteiger partial charge is 0.360 e. The first kappa shape index (κ1) is 4.79. The molecule has 0 saturated carbocycles. The molecule has 2 rings (SSSR count). The van der Waals surface area contributed by atoms with Crippen LogP contribution < -0.4 is 0 Å². The number of aromatic amines is 1. The number of nitrogens with zero attached hydrogens (tertiary/aromatic N) is 1. The van der Waals surface area contributed by atoms with Crippen molar-refractivity contribution in [3.63, 3.8) is 0 Å². The second kappa shape index (κ2) is 1.72. The molecule has 2 nitrogen and oxygen atoms in total. The van der Waals surface area contributed by atoms with Crippen molar-refractivity contribution >= 4 is 6.21 Å². The molecule has 0 unspecified atom stereocenters. The fraction of sp³-hybridized carbons (Fsp3) is 0.286.